The highest BCUT2D eigenvalue weighted by Crippen LogP contribution is 2.26. The first-order valence-electron chi connectivity index (χ1n) is 6.60. The van der Waals surface area contributed by atoms with Gasteiger partial charge in [-0.25, -0.2) is 8.42 Å². The number of fused-ring (bicyclic) bond motifs is 1. The maximum atomic E-state index is 12.2. The van der Waals surface area contributed by atoms with Crippen LogP contribution in [0.3, 0.4) is 0 Å². The zero-order valence-electron chi connectivity index (χ0n) is 12.4. The van der Waals surface area contributed by atoms with Gasteiger partial charge in [-0.3, -0.25) is 0 Å². The highest BCUT2D eigenvalue weighted by molar-refractivity contribution is 7.92. The lowest BCUT2D eigenvalue weighted by Gasteiger charge is -2.19. The largest absolute Gasteiger partial charge is 0.496 e. The third-order valence-corrected chi connectivity index (χ3v) is 6.11. The van der Waals surface area contributed by atoms with Gasteiger partial charge in [0.2, 0.25) is 0 Å². The molecule has 0 N–H and O–H groups in total. The quantitative estimate of drug-likeness (QED) is 0.871. The number of hydrogen-bond acceptors (Lipinski definition) is 3. The van der Waals surface area contributed by atoms with E-state index in [0.29, 0.717) is 6.54 Å². The summed E-state index contributed by atoms with van der Waals surface area (Å²) in [6, 6.07) is 7.74. The van der Waals surface area contributed by atoms with Crippen molar-refractivity contribution in [3.05, 3.63) is 30.5 Å². The number of nitrogens with zero attached hydrogens (tertiary/aromatic N) is 1. The van der Waals surface area contributed by atoms with E-state index in [4.69, 9.17) is 4.74 Å². The molecule has 0 radical (unpaired) electrons. The summed E-state index contributed by atoms with van der Waals surface area (Å²) in [7, 11) is -1.48. The van der Waals surface area contributed by atoms with E-state index in [0.717, 1.165) is 16.7 Å². The molecule has 5 heteroatoms. The number of sulfone groups is 1. The number of methoxy groups -OCH3 is 1. The Morgan fingerprint density at radius 1 is 1.20 bits per heavy atom. The fourth-order valence-electron chi connectivity index (χ4n) is 2.09. The maximum absolute atomic E-state index is 12.2. The smallest absolute Gasteiger partial charge is 0.156 e. The summed E-state index contributed by atoms with van der Waals surface area (Å²) < 4.78 is 30.9. The second-order valence-electron chi connectivity index (χ2n) is 5.83. The minimum absolute atomic E-state index is 0.136. The van der Waals surface area contributed by atoms with Gasteiger partial charge in [-0.15, -0.1) is 0 Å². The van der Waals surface area contributed by atoms with Gasteiger partial charge in [0.15, 0.2) is 9.84 Å². The number of rotatable bonds is 4. The van der Waals surface area contributed by atoms with Crippen LogP contribution >= 0.6 is 0 Å². The molecule has 0 fully saturated rings. The Bertz CT molecular complexity index is 708. The minimum Gasteiger partial charge on any atom is -0.496 e. The third-order valence-electron chi connectivity index (χ3n) is 3.53. The molecule has 0 amide bonds. The standard InChI is InChI=1S/C15H21NO3S/c1-15(2,3)20(17,18)11-10-16-9-8-12-13(16)6-5-7-14(12)19-4/h5-9H,10-11H2,1-4H3. The van der Waals surface area contributed by atoms with Crippen LogP contribution in [0.2, 0.25) is 0 Å². The number of ether oxygens (including phenoxy) is 1. The Morgan fingerprint density at radius 3 is 2.50 bits per heavy atom. The lowest BCUT2D eigenvalue weighted by atomic mass is 10.2. The SMILES string of the molecule is COc1cccc2c1ccn2CCS(=O)(=O)C(C)(C)C. The molecule has 1 heterocycles. The Balaban J connectivity index is 2.28. The number of hydrogen-bond donors (Lipinski definition) is 0. The molecule has 0 aliphatic rings. The van der Waals surface area contributed by atoms with Crippen molar-refractivity contribution in [3.63, 3.8) is 0 Å². The van der Waals surface area contributed by atoms with E-state index in [9.17, 15) is 8.42 Å². The second kappa shape index (κ2) is 5.13. The number of aromatic nitrogens is 1. The summed E-state index contributed by atoms with van der Waals surface area (Å²) in [6.07, 6.45) is 1.91. The topological polar surface area (TPSA) is 48.3 Å². The first-order valence-corrected chi connectivity index (χ1v) is 8.25. The molecule has 0 atom stereocenters. The summed E-state index contributed by atoms with van der Waals surface area (Å²) in [4.78, 5) is 0. The van der Waals surface area contributed by atoms with Crippen LogP contribution < -0.4 is 4.74 Å². The molecule has 0 aliphatic heterocycles. The molecule has 2 rings (SSSR count). The molecule has 0 saturated heterocycles. The van der Waals surface area contributed by atoms with Crippen LogP contribution in [0.4, 0.5) is 0 Å². The molecule has 1 aromatic carbocycles. The van der Waals surface area contributed by atoms with Crippen molar-refractivity contribution in [1.82, 2.24) is 4.57 Å². The van der Waals surface area contributed by atoms with Gasteiger partial charge in [-0.2, -0.15) is 0 Å². The minimum atomic E-state index is -3.11. The van der Waals surface area contributed by atoms with Gasteiger partial charge in [0.05, 0.1) is 23.1 Å². The monoisotopic (exact) mass is 295 g/mol. The van der Waals surface area contributed by atoms with Crippen LogP contribution in [0.25, 0.3) is 10.9 Å². The van der Waals surface area contributed by atoms with Crippen LogP contribution in [0.5, 0.6) is 5.75 Å². The van der Waals surface area contributed by atoms with Gasteiger partial charge in [-0.1, -0.05) is 6.07 Å². The Kier molecular flexibility index (Phi) is 3.82. The first kappa shape index (κ1) is 14.9. The van der Waals surface area contributed by atoms with Crippen molar-refractivity contribution >= 4 is 20.7 Å². The van der Waals surface area contributed by atoms with Crippen molar-refractivity contribution in [2.45, 2.75) is 32.1 Å². The summed E-state index contributed by atoms with van der Waals surface area (Å²) in [6.45, 7) is 5.66. The van der Waals surface area contributed by atoms with Crippen LogP contribution in [0.15, 0.2) is 30.5 Å². The molecule has 0 unspecified atom stereocenters. The normalized spacial score (nSPS) is 12.8. The van der Waals surface area contributed by atoms with E-state index >= 15 is 0 Å². The summed E-state index contributed by atoms with van der Waals surface area (Å²) >= 11 is 0. The Labute approximate surface area is 120 Å². The van der Waals surface area contributed by atoms with E-state index in [1.165, 1.54) is 0 Å². The van der Waals surface area contributed by atoms with E-state index in [2.05, 4.69) is 0 Å². The molecule has 0 bridgehead atoms. The summed E-state index contributed by atoms with van der Waals surface area (Å²) in [5.41, 5.74) is 0.994. The van der Waals surface area contributed by atoms with Gasteiger partial charge in [0.1, 0.15) is 5.75 Å². The average Bonchev–Trinajstić information content (AvgIpc) is 2.78. The van der Waals surface area contributed by atoms with Gasteiger partial charge < -0.3 is 9.30 Å². The molecular formula is C15H21NO3S. The fraction of sp³-hybridized carbons (Fsp3) is 0.467. The molecule has 4 nitrogen and oxygen atoms in total. The number of aryl methyl sites for hydroxylation is 1. The molecule has 2 aromatic rings. The maximum Gasteiger partial charge on any atom is 0.156 e. The predicted octanol–water partition coefficient (Wildman–Crippen LogP) is 2.86. The van der Waals surface area contributed by atoms with Gasteiger partial charge in [0.25, 0.3) is 0 Å². The van der Waals surface area contributed by atoms with Crippen LogP contribution in [-0.2, 0) is 16.4 Å². The zero-order valence-corrected chi connectivity index (χ0v) is 13.2. The molecule has 110 valence electrons. The van der Waals surface area contributed by atoms with Crippen molar-refractivity contribution in [2.75, 3.05) is 12.9 Å². The summed E-state index contributed by atoms with van der Waals surface area (Å²) in [5, 5.41) is 1.00. The molecular weight excluding hydrogens is 274 g/mol. The van der Waals surface area contributed by atoms with Crippen molar-refractivity contribution in [1.29, 1.82) is 0 Å². The lowest BCUT2D eigenvalue weighted by molar-refractivity contribution is 0.420. The van der Waals surface area contributed by atoms with Gasteiger partial charge in [0, 0.05) is 18.1 Å². The number of benzene rings is 1. The molecule has 1 aromatic heterocycles. The third kappa shape index (κ3) is 2.68. The molecule has 0 aliphatic carbocycles. The van der Waals surface area contributed by atoms with Crippen LogP contribution in [-0.4, -0.2) is 30.6 Å². The van der Waals surface area contributed by atoms with E-state index in [1.54, 1.807) is 27.9 Å². The van der Waals surface area contributed by atoms with Gasteiger partial charge >= 0.3 is 0 Å². The predicted molar refractivity (Wildman–Crippen MR) is 82.0 cm³/mol. The zero-order chi connectivity index (χ0) is 15.0. The fourth-order valence-corrected chi connectivity index (χ4v) is 3.14. The van der Waals surface area contributed by atoms with Crippen LogP contribution in [0.1, 0.15) is 20.8 Å². The molecule has 0 spiro atoms. The highest BCUT2D eigenvalue weighted by Gasteiger charge is 2.28. The molecule has 0 saturated carbocycles. The van der Waals surface area contributed by atoms with Gasteiger partial charge in [-0.05, 0) is 39.0 Å². The Morgan fingerprint density at radius 2 is 1.90 bits per heavy atom. The van der Waals surface area contributed by atoms with E-state index in [1.807, 2.05) is 35.0 Å². The van der Waals surface area contributed by atoms with Crippen LogP contribution in [0, 0.1) is 0 Å². The van der Waals surface area contributed by atoms with Crippen molar-refractivity contribution in [3.8, 4) is 5.75 Å². The first-order chi connectivity index (χ1) is 9.26. The summed E-state index contributed by atoms with van der Waals surface area (Å²) in [5.74, 6) is 0.942. The second-order valence-corrected chi connectivity index (χ2v) is 8.70. The lowest BCUT2D eigenvalue weighted by Crippen LogP contribution is -2.31. The van der Waals surface area contributed by atoms with Crippen molar-refractivity contribution in [2.24, 2.45) is 0 Å². The highest BCUT2D eigenvalue weighted by atomic mass is 32.2. The van der Waals surface area contributed by atoms with E-state index in [-0.39, 0.29) is 5.75 Å². The Hall–Kier alpha value is -1.49. The average molecular weight is 295 g/mol. The van der Waals surface area contributed by atoms with Crippen molar-refractivity contribution < 1.29 is 13.2 Å². The molecule has 20 heavy (non-hydrogen) atoms. The van der Waals surface area contributed by atoms with E-state index < -0.39 is 14.6 Å².